The first-order valence-electron chi connectivity index (χ1n) is 5.54. The molecule has 0 bridgehead atoms. The first-order chi connectivity index (χ1) is 8.07. The molecule has 4 nitrogen and oxygen atoms in total. The summed E-state index contributed by atoms with van der Waals surface area (Å²) in [5.74, 6) is -1.51. The Kier molecular flexibility index (Phi) is 2.90. The van der Waals surface area contributed by atoms with Gasteiger partial charge in [0, 0.05) is 30.2 Å². The quantitative estimate of drug-likeness (QED) is 0.844. The third kappa shape index (κ3) is 1.70. The number of carbonyl (C=O) groups is 1. The Balaban J connectivity index is 2.76. The van der Waals surface area contributed by atoms with Crippen LogP contribution in [0.1, 0.15) is 17.2 Å². The lowest BCUT2D eigenvalue weighted by atomic mass is 9.96. The van der Waals surface area contributed by atoms with E-state index in [1.807, 2.05) is 42.8 Å². The van der Waals surface area contributed by atoms with Gasteiger partial charge in [0.05, 0.1) is 5.92 Å². The molecule has 1 aromatic heterocycles. The zero-order valence-corrected chi connectivity index (χ0v) is 9.97. The maximum atomic E-state index is 11.2. The number of rotatable bonds is 3. The Labute approximate surface area is 99.7 Å². The molecule has 0 radical (unpaired) electrons. The number of para-hydroxylation sites is 1. The van der Waals surface area contributed by atoms with E-state index in [1.165, 1.54) is 0 Å². The summed E-state index contributed by atoms with van der Waals surface area (Å²) in [4.78, 5) is 11.2. The summed E-state index contributed by atoms with van der Waals surface area (Å²) in [6.07, 6.45) is 0. The van der Waals surface area contributed by atoms with Crippen LogP contribution in [0.5, 0.6) is 0 Å². The number of aliphatic carboxylic acids is 1. The van der Waals surface area contributed by atoms with Crippen molar-refractivity contribution < 1.29 is 9.90 Å². The Morgan fingerprint density at radius 2 is 2.12 bits per heavy atom. The van der Waals surface area contributed by atoms with Crippen LogP contribution in [0.3, 0.4) is 0 Å². The number of hydrogen-bond acceptors (Lipinski definition) is 2. The van der Waals surface area contributed by atoms with Crippen molar-refractivity contribution in [1.29, 1.82) is 0 Å². The van der Waals surface area contributed by atoms with Gasteiger partial charge >= 0.3 is 5.97 Å². The number of carboxylic acids is 1. The van der Waals surface area contributed by atoms with Gasteiger partial charge in [-0.3, -0.25) is 4.79 Å². The summed E-state index contributed by atoms with van der Waals surface area (Å²) < 4.78 is 2.01. The lowest BCUT2D eigenvalue weighted by molar-refractivity contribution is -0.138. The minimum atomic E-state index is -0.869. The zero-order valence-electron chi connectivity index (χ0n) is 9.97. The molecule has 1 atom stereocenters. The van der Waals surface area contributed by atoms with Gasteiger partial charge < -0.3 is 15.4 Å². The van der Waals surface area contributed by atoms with Gasteiger partial charge in [0.2, 0.25) is 0 Å². The summed E-state index contributed by atoms with van der Waals surface area (Å²) >= 11 is 0. The smallest absolute Gasteiger partial charge is 0.312 e. The van der Waals surface area contributed by atoms with Gasteiger partial charge in [-0.05, 0) is 18.6 Å². The molecule has 0 spiro atoms. The number of benzene rings is 1. The molecule has 1 heterocycles. The molecular formula is C13H16N2O2. The molecule has 2 rings (SSSR count). The van der Waals surface area contributed by atoms with Gasteiger partial charge in [0.25, 0.3) is 0 Å². The molecule has 1 unspecified atom stereocenters. The molecule has 0 fully saturated rings. The van der Waals surface area contributed by atoms with Gasteiger partial charge in [-0.2, -0.15) is 0 Å². The molecule has 0 saturated heterocycles. The summed E-state index contributed by atoms with van der Waals surface area (Å²) in [6, 6.07) is 7.80. The lowest BCUT2D eigenvalue weighted by Crippen LogP contribution is -2.21. The van der Waals surface area contributed by atoms with E-state index in [1.54, 1.807) is 0 Å². The fraction of sp³-hybridized carbons (Fsp3) is 0.308. The van der Waals surface area contributed by atoms with Crippen molar-refractivity contribution in [2.24, 2.45) is 12.8 Å². The Bertz CT molecular complexity index is 572. The zero-order chi connectivity index (χ0) is 12.6. The fourth-order valence-electron chi connectivity index (χ4n) is 2.33. The van der Waals surface area contributed by atoms with E-state index in [9.17, 15) is 9.90 Å². The molecule has 1 aromatic carbocycles. The number of aromatic nitrogens is 1. The monoisotopic (exact) mass is 232 g/mol. The average Bonchev–Trinajstić information content (AvgIpc) is 2.56. The van der Waals surface area contributed by atoms with Crippen LogP contribution in [0.15, 0.2) is 24.3 Å². The predicted octanol–water partition coefficient (Wildman–Crippen LogP) is 1.61. The highest BCUT2D eigenvalue weighted by Gasteiger charge is 2.24. The van der Waals surface area contributed by atoms with Crippen LogP contribution in [-0.2, 0) is 11.8 Å². The minimum absolute atomic E-state index is 0.115. The first-order valence-corrected chi connectivity index (χ1v) is 5.54. The molecule has 2 aromatic rings. The van der Waals surface area contributed by atoms with Gasteiger partial charge in [-0.15, -0.1) is 0 Å². The molecule has 0 aliphatic carbocycles. The van der Waals surface area contributed by atoms with Crippen LogP contribution < -0.4 is 5.73 Å². The number of nitrogens with zero attached hydrogens (tertiary/aromatic N) is 1. The number of fused-ring (bicyclic) bond motifs is 1. The van der Waals surface area contributed by atoms with Crippen molar-refractivity contribution in [1.82, 2.24) is 4.57 Å². The third-order valence-electron chi connectivity index (χ3n) is 3.33. The third-order valence-corrected chi connectivity index (χ3v) is 3.33. The Morgan fingerprint density at radius 3 is 2.71 bits per heavy atom. The summed E-state index contributed by atoms with van der Waals surface area (Å²) in [6.45, 7) is 2.05. The van der Waals surface area contributed by atoms with E-state index >= 15 is 0 Å². The standard InChI is InChI=1S/C13H16N2O2/c1-8-12(10(7-14)13(16)17)9-5-3-4-6-11(9)15(8)2/h3-6,10H,7,14H2,1-2H3,(H,16,17). The van der Waals surface area contributed by atoms with E-state index < -0.39 is 11.9 Å². The Morgan fingerprint density at radius 1 is 1.47 bits per heavy atom. The molecule has 4 heteroatoms. The molecule has 0 aliphatic rings. The van der Waals surface area contributed by atoms with Crippen molar-refractivity contribution in [2.75, 3.05) is 6.54 Å². The van der Waals surface area contributed by atoms with E-state index in [2.05, 4.69) is 0 Å². The summed E-state index contributed by atoms with van der Waals surface area (Å²) in [5, 5.41) is 10.2. The molecule has 0 aliphatic heterocycles. The van der Waals surface area contributed by atoms with E-state index in [4.69, 9.17) is 5.73 Å². The van der Waals surface area contributed by atoms with Gasteiger partial charge in [0.1, 0.15) is 0 Å². The first kappa shape index (κ1) is 11.7. The second-order valence-corrected chi connectivity index (χ2v) is 4.20. The van der Waals surface area contributed by atoms with Crippen LogP contribution in [-0.4, -0.2) is 22.2 Å². The molecular weight excluding hydrogens is 216 g/mol. The van der Waals surface area contributed by atoms with Gasteiger partial charge in [0.15, 0.2) is 0 Å². The van der Waals surface area contributed by atoms with Crippen LogP contribution in [0.4, 0.5) is 0 Å². The second kappa shape index (κ2) is 4.22. The lowest BCUT2D eigenvalue weighted by Gasteiger charge is -2.10. The molecule has 90 valence electrons. The largest absolute Gasteiger partial charge is 0.481 e. The second-order valence-electron chi connectivity index (χ2n) is 4.20. The van der Waals surface area contributed by atoms with Crippen LogP contribution >= 0.6 is 0 Å². The maximum absolute atomic E-state index is 11.2. The summed E-state index contributed by atoms with van der Waals surface area (Å²) in [5.41, 5.74) is 8.42. The SMILES string of the molecule is Cc1c(C(CN)C(=O)O)c2ccccc2n1C. The van der Waals surface area contributed by atoms with E-state index in [-0.39, 0.29) is 6.54 Å². The fourth-order valence-corrected chi connectivity index (χ4v) is 2.33. The van der Waals surface area contributed by atoms with Crippen LogP contribution in [0, 0.1) is 6.92 Å². The van der Waals surface area contributed by atoms with Crippen molar-refractivity contribution in [3.63, 3.8) is 0 Å². The summed E-state index contributed by atoms with van der Waals surface area (Å²) in [7, 11) is 1.94. The molecule has 17 heavy (non-hydrogen) atoms. The number of aryl methyl sites for hydroxylation is 1. The normalized spacial score (nSPS) is 12.9. The van der Waals surface area contributed by atoms with Gasteiger partial charge in [-0.1, -0.05) is 18.2 Å². The van der Waals surface area contributed by atoms with Crippen LogP contribution in [0.2, 0.25) is 0 Å². The van der Waals surface area contributed by atoms with Crippen molar-refractivity contribution >= 4 is 16.9 Å². The van der Waals surface area contributed by atoms with Crippen molar-refractivity contribution in [3.05, 3.63) is 35.5 Å². The highest BCUT2D eigenvalue weighted by Crippen LogP contribution is 2.30. The van der Waals surface area contributed by atoms with Crippen molar-refractivity contribution in [3.8, 4) is 0 Å². The average molecular weight is 232 g/mol. The molecule has 0 saturated carbocycles. The highest BCUT2D eigenvalue weighted by atomic mass is 16.4. The van der Waals surface area contributed by atoms with E-state index in [0.29, 0.717) is 0 Å². The topological polar surface area (TPSA) is 68.2 Å². The maximum Gasteiger partial charge on any atom is 0.312 e. The number of hydrogen-bond donors (Lipinski definition) is 2. The predicted molar refractivity (Wildman–Crippen MR) is 67.1 cm³/mol. The van der Waals surface area contributed by atoms with Crippen molar-refractivity contribution in [2.45, 2.75) is 12.8 Å². The number of nitrogens with two attached hydrogens (primary N) is 1. The van der Waals surface area contributed by atoms with Gasteiger partial charge in [-0.25, -0.2) is 0 Å². The van der Waals surface area contributed by atoms with Crippen LogP contribution in [0.25, 0.3) is 10.9 Å². The highest BCUT2D eigenvalue weighted by molar-refractivity contribution is 5.91. The number of carboxylic acid groups (broad SMARTS) is 1. The van der Waals surface area contributed by atoms with E-state index in [0.717, 1.165) is 22.2 Å². The Hall–Kier alpha value is -1.81. The minimum Gasteiger partial charge on any atom is -0.481 e. The molecule has 3 N–H and O–H groups in total. The molecule has 0 amide bonds.